The molecule has 0 amide bonds. The van der Waals surface area contributed by atoms with Gasteiger partial charge in [0.2, 0.25) is 0 Å². The zero-order valence-electron chi connectivity index (χ0n) is 10.0. The van der Waals surface area contributed by atoms with Gasteiger partial charge in [0.15, 0.2) is 6.29 Å². The van der Waals surface area contributed by atoms with E-state index in [0.717, 1.165) is 13.3 Å². The number of rotatable bonds is 3. The van der Waals surface area contributed by atoms with Crippen molar-refractivity contribution in [2.45, 2.75) is 44.9 Å². The maximum atomic E-state index is 9.62. The summed E-state index contributed by atoms with van der Waals surface area (Å²) in [6.07, 6.45) is -0.777. The van der Waals surface area contributed by atoms with Gasteiger partial charge in [-0.05, 0) is 6.42 Å². The second-order valence-corrected chi connectivity index (χ2v) is 3.40. The SMILES string of the molecule is CC(=O)O.CCC1OC(OC)C(OC)C1O. The maximum Gasteiger partial charge on any atom is 0.300 e. The van der Waals surface area contributed by atoms with Gasteiger partial charge >= 0.3 is 0 Å². The molecule has 4 unspecified atom stereocenters. The van der Waals surface area contributed by atoms with Gasteiger partial charge in [-0.3, -0.25) is 4.79 Å². The van der Waals surface area contributed by atoms with Crippen LogP contribution < -0.4 is 0 Å². The van der Waals surface area contributed by atoms with Crippen molar-refractivity contribution in [1.29, 1.82) is 0 Å². The van der Waals surface area contributed by atoms with Gasteiger partial charge in [-0.1, -0.05) is 6.92 Å². The van der Waals surface area contributed by atoms with Crippen molar-refractivity contribution in [3.8, 4) is 0 Å². The number of carboxylic acid groups (broad SMARTS) is 1. The van der Waals surface area contributed by atoms with Crippen molar-refractivity contribution in [2.24, 2.45) is 0 Å². The summed E-state index contributed by atoms with van der Waals surface area (Å²) in [6.45, 7) is 3.04. The number of hydrogen-bond donors (Lipinski definition) is 2. The normalized spacial score (nSPS) is 33.1. The molecule has 0 aromatic carbocycles. The standard InChI is InChI=1S/C8H16O4.C2H4O2/c1-4-5-6(9)7(10-2)8(11-3)12-5;1-2(3)4/h5-9H,4H2,1-3H3;1H3,(H,3,4). The van der Waals surface area contributed by atoms with Gasteiger partial charge < -0.3 is 24.4 Å². The third kappa shape index (κ3) is 4.44. The smallest absolute Gasteiger partial charge is 0.300 e. The van der Waals surface area contributed by atoms with E-state index in [4.69, 9.17) is 24.1 Å². The van der Waals surface area contributed by atoms with Crippen molar-refractivity contribution in [1.82, 2.24) is 0 Å². The first-order valence-electron chi connectivity index (χ1n) is 5.06. The molecule has 0 aliphatic carbocycles. The average molecular weight is 236 g/mol. The summed E-state index contributed by atoms with van der Waals surface area (Å²) >= 11 is 0. The van der Waals surface area contributed by atoms with Crippen LogP contribution in [0.3, 0.4) is 0 Å². The summed E-state index contributed by atoms with van der Waals surface area (Å²) in [6, 6.07) is 0. The highest BCUT2D eigenvalue weighted by molar-refractivity contribution is 5.62. The van der Waals surface area contributed by atoms with E-state index < -0.39 is 18.4 Å². The quantitative estimate of drug-likeness (QED) is 0.730. The van der Waals surface area contributed by atoms with Gasteiger partial charge in [-0.15, -0.1) is 0 Å². The van der Waals surface area contributed by atoms with Crippen LogP contribution in [0.5, 0.6) is 0 Å². The van der Waals surface area contributed by atoms with Gasteiger partial charge in [0.05, 0.1) is 6.10 Å². The van der Waals surface area contributed by atoms with Crippen LogP contribution in [0, 0.1) is 0 Å². The number of methoxy groups -OCH3 is 2. The Kier molecular flexibility index (Phi) is 7.24. The van der Waals surface area contributed by atoms with Gasteiger partial charge in [0.1, 0.15) is 12.2 Å². The molecule has 0 saturated carbocycles. The van der Waals surface area contributed by atoms with Crippen molar-refractivity contribution in [3.63, 3.8) is 0 Å². The second-order valence-electron chi connectivity index (χ2n) is 3.40. The summed E-state index contributed by atoms with van der Waals surface area (Å²) in [5.41, 5.74) is 0. The van der Waals surface area contributed by atoms with Gasteiger partial charge in [0, 0.05) is 21.1 Å². The van der Waals surface area contributed by atoms with Crippen LogP contribution >= 0.6 is 0 Å². The fraction of sp³-hybridized carbons (Fsp3) is 0.900. The zero-order chi connectivity index (χ0) is 12.7. The number of aliphatic hydroxyl groups excluding tert-OH is 1. The molecule has 1 aliphatic rings. The molecule has 96 valence electrons. The van der Waals surface area contributed by atoms with E-state index in [2.05, 4.69) is 0 Å². The maximum absolute atomic E-state index is 9.62. The lowest BCUT2D eigenvalue weighted by atomic mass is 10.1. The molecule has 6 heteroatoms. The number of carbonyl (C=O) groups is 1. The molecule has 16 heavy (non-hydrogen) atoms. The molecule has 0 aromatic rings. The molecule has 1 saturated heterocycles. The van der Waals surface area contributed by atoms with Crippen molar-refractivity contribution < 1.29 is 29.2 Å². The van der Waals surface area contributed by atoms with E-state index >= 15 is 0 Å². The minimum Gasteiger partial charge on any atom is -0.481 e. The Morgan fingerprint density at radius 2 is 1.88 bits per heavy atom. The first-order chi connectivity index (χ1) is 7.47. The summed E-state index contributed by atoms with van der Waals surface area (Å²) in [4.78, 5) is 9.00. The van der Waals surface area contributed by atoms with E-state index in [1.165, 1.54) is 0 Å². The largest absolute Gasteiger partial charge is 0.481 e. The number of ether oxygens (including phenoxy) is 3. The van der Waals surface area contributed by atoms with Crippen LogP contribution in [0.4, 0.5) is 0 Å². The van der Waals surface area contributed by atoms with Gasteiger partial charge in [-0.25, -0.2) is 0 Å². The lowest BCUT2D eigenvalue weighted by molar-refractivity contribution is -0.155. The molecular formula is C10H20O6. The number of aliphatic hydroxyl groups is 1. The Morgan fingerprint density at radius 3 is 2.12 bits per heavy atom. The first kappa shape index (κ1) is 15.3. The van der Waals surface area contributed by atoms with Crippen molar-refractivity contribution >= 4 is 5.97 Å². The molecule has 1 rings (SSSR count). The Balaban J connectivity index is 0.000000487. The van der Waals surface area contributed by atoms with E-state index in [-0.39, 0.29) is 12.2 Å². The van der Waals surface area contributed by atoms with Gasteiger partial charge in [-0.2, -0.15) is 0 Å². The molecule has 0 aromatic heterocycles. The van der Waals surface area contributed by atoms with Crippen LogP contribution in [0.25, 0.3) is 0 Å². The van der Waals surface area contributed by atoms with Gasteiger partial charge in [0.25, 0.3) is 5.97 Å². The molecule has 0 spiro atoms. The van der Waals surface area contributed by atoms with E-state index in [1.807, 2.05) is 6.92 Å². The third-order valence-corrected chi connectivity index (χ3v) is 2.20. The summed E-state index contributed by atoms with van der Waals surface area (Å²) < 4.78 is 15.4. The lowest BCUT2D eigenvalue weighted by Gasteiger charge is -2.16. The number of hydrogen-bond acceptors (Lipinski definition) is 5. The molecule has 6 nitrogen and oxygen atoms in total. The molecule has 4 atom stereocenters. The highest BCUT2D eigenvalue weighted by atomic mass is 16.7. The zero-order valence-corrected chi connectivity index (χ0v) is 10.0. The predicted octanol–water partition coefficient (Wildman–Crippen LogP) is 0.234. The molecule has 0 radical (unpaired) electrons. The first-order valence-corrected chi connectivity index (χ1v) is 5.06. The fourth-order valence-electron chi connectivity index (χ4n) is 1.48. The highest BCUT2D eigenvalue weighted by Gasteiger charge is 2.43. The Hall–Kier alpha value is -0.690. The molecular weight excluding hydrogens is 216 g/mol. The second kappa shape index (κ2) is 7.56. The predicted molar refractivity (Wildman–Crippen MR) is 56.1 cm³/mol. The van der Waals surface area contributed by atoms with E-state index in [0.29, 0.717) is 0 Å². The van der Waals surface area contributed by atoms with E-state index in [1.54, 1.807) is 14.2 Å². The minimum atomic E-state index is -0.833. The van der Waals surface area contributed by atoms with E-state index in [9.17, 15) is 5.11 Å². The van der Waals surface area contributed by atoms with Crippen molar-refractivity contribution in [2.75, 3.05) is 14.2 Å². The minimum absolute atomic E-state index is 0.167. The third-order valence-electron chi connectivity index (χ3n) is 2.20. The fourth-order valence-corrected chi connectivity index (χ4v) is 1.48. The molecule has 2 N–H and O–H groups in total. The van der Waals surface area contributed by atoms with Crippen molar-refractivity contribution in [3.05, 3.63) is 0 Å². The summed E-state index contributed by atoms with van der Waals surface area (Å²) in [5.74, 6) is -0.833. The van der Waals surface area contributed by atoms with Crippen LogP contribution in [-0.2, 0) is 19.0 Å². The monoisotopic (exact) mass is 236 g/mol. The molecule has 0 bridgehead atoms. The van der Waals surface area contributed by atoms with Crippen LogP contribution in [0.2, 0.25) is 0 Å². The number of carboxylic acids is 1. The van der Waals surface area contributed by atoms with Crippen LogP contribution in [0.15, 0.2) is 0 Å². The highest BCUT2D eigenvalue weighted by Crippen LogP contribution is 2.25. The average Bonchev–Trinajstić information content (AvgIpc) is 2.53. The molecule has 1 heterocycles. The molecule has 1 aliphatic heterocycles. The Labute approximate surface area is 95.1 Å². The Bertz CT molecular complexity index is 201. The van der Waals surface area contributed by atoms with Crippen LogP contribution in [0.1, 0.15) is 20.3 Å². The Morgan fingerprint density at radius 1 is 1.38 bits per heavy atom. The summed E-state index contributed by atoms with van der Waals surface area (Å²) in [5, 5.41) is 17.0. The number of aliphatic carboxylic acids is 1. The lowest BCUT2D eigenvalue weighted by Crippen LogP contribution is -2.34. The summed E-state index contributed by atoms with van der Waals surface area (Å²) in [7, 11) is 3.09. The topological polar surface area (TPSA) is 85.2 Å². The molecule has 1 fully saturated rings. The van der Waals surface area contributed by atoms with Crippen LogP contribution in [-0.4, -0.2) is 55.0 Å².